The van der Waals surface area contributed by atoms with Crippen LogP contribution in [0.4, 0.5) is 13.2 Å². The third kappa shape index (κ3) is 5.96. The van der Waals surface area contributed by atoms with E-state index in [0.29, 0.717) is 0 Å². The molecule has 1 aliphatic rings. The van der Waals surface area contributed by atoms with Crippen LogP contribution in [0.5, 0.6) is 0 Å². The summed E-state index contributed by atoms with van der Waals surface area (Å²) >= 11 is 0. The molecule has 0 spiro atoms. The van der Waals surface area contributed by atoms with Crippen LogP contribution in [0.1, 0.15) is 32.1 Å². The van der Waals surface area contributed by atoms with E-state index in [2.05, 4.69) is 5.32 Å². The van der Waals surface area contributed by atoms with Crippen molar-refractivity contribution in [1.82, 2.24) is 5.32 Å². The van der Waals surface area contributed by atoms with Crippen molar-refractivity contribution in [1.29, 1.82) is 0 Å². The van der Waals surface area contributed by atoms with Gasteiger partial charge in [0.1, 0.15) is 0 Å². The van der Waals surface area contributed by atoms with Gasteiger partial charge in [0, 0.05) is 6.04 Å². The number of hydrogen-bond donors (Lipinski definition) is 3. The third-order valence-corrected chi connectivity index (χ3v) is 3.29. The smallest absolute Gasteiger partial charge is 0.370 e. The molecule has 1 rings (SSSR count). The number of alkyl halides is 3. The van der Waals surface area contributed by atoms with E-state index in [-0.39, 0.29) is 50.6 Å². The maximum atomic E-state index is 12.4. The van der Waals surface area contributed by atoms with Crippen LogP contribution in [0.25, 0.3) is 0 Å². The highest BCUT2D eigenvalue weighted by Gasteiger charge is 2.41. The third-order valence-electron chi connectivity index (χ3n) is 3.29. The number of rotatable bonds is 4. The second-order valence-corrected chi connectivity index (χ2v) is 4.88. The molecule has 0 aliphatic heterocycles. The zero-order valence-electron chi connectivity index (χ0n) is 10.8. The fourth-order valence-electron chi connectivity index (χ4n) is 2.18. The van der Waals surface area contributed by atoms with E-state index in [0.717, 1.165) is 0 Å². The summed E-state index contributed by atoms with van der Waals surface area (Å²) in [4.78, 5) is 22.2. The van der Waals surface area contributed by atoms with Gasteiger partial charge in [-0.1, -0.05) is 0 Å². The van der Waals surface area contributed by atoms with E-state index in [9.17, 15) is 22.8 Å². The van der Waals surface area contributed by atoms with Gasteiger partial charge < -0.3 is 16.8 Å². The van der Waals surface area contributed by atoms with Crippen molar-refractivity contribution < 1.29 is 22.8 Å². The Hall–Kier alpha value is -1.02. The minimum atomic E-state index is -4.17. The van der Waals surface area contributed by atoms with Crippen molar-refractivity contribution in [2.75, 3.05) is 0 Å². The highest BCUT2D eigenvalue weighted by Crippen LogP contribution is 2.37. The molecule has 20 heavy (non-hydrogen) atoms. The molecule has 1 saturated carbocycles. The van der Waals surface area contributed by atoms with Gasteiger partial charge in [-0.2, -0.15) is 13.2 Å². The molecule has 5 N–H and O–H groups in total. The molecule has 0 aromatic carbocycles. The second kappa shape index (κ2) is 7.68. The highest BCUT2D eigenvalue weighted by molar-refractivity contribution is 5.87. The lowest BCUT2D eigenvalue weighted by Gasteiger charge is -2.30. The summed E-state index contributed by atoms with van der Waals surface area (Å²) < 4.78 is 37.3. The summed E-state index contributed by atoms with van der Waals surface area (Å²) in [6.07, 6.45) is -3.92. The van der Waals surface area contributed by atoms with Gasteiger partial charge >= 0.3 is 6.18 Å². The molecule has 9 heteroatoms. The van der Waals surface area contributed by atoms with E-state index in [1.165, 1.54) is 0 Å². The topological polar surface area (TPSA) is 98.2 Å². The van der Waals surface area contributed by atoms with Gasteiger partial charge in [-0.3, -0.25) is 9.59 Å². The van der Waals surface area contributed by atoms with Gasteiger partial charge in [0.05, 0.1) is 18.4 Å². The minimum absolute atomic E-state index is 0. The molecule has 1 fully saturated rings. The van der Waals surface area contributed by atoms with Crippen molar-refractivity contribution in [2.24, 2.45) is 17.4 Å². The van der Waals surface area contributed by atoms with Crippen LogP contribution >= 0.6 is 12.4 Å². The van der Waals surface area contributed by atoms with Crippen molar-refractivity contribution in [3.05, 3.63) is 0 Å². The Morgan fingerprint density at radius 2 is 1.70 bits per heavy atom. The van der Waals surface area contributed by atoms with Gasteiger partial charge in [-0.25, -0.2) is 0 Å². The summed E-state index contributed by atoms with van der Waals surface area (Å²) in [5, 5.41) is 2.56. The number of amides is 2. The Bertz CT molecular complexity index is 344. The van der Waals surface area contributed by atoms with E-state index >= 15 is 0 Å². The minimum Gasteiger partial charge on any atom is -0.370 e. The summed E-state index contributed by atoms with van der Waals surface area (Å²) in [5.41, 5.74) is 10.3. The molecular formula is C11H19ClF3N3O2. The van der Waals surface area contributed by atoms with Crippen molar-refractivity contribution in [3.8, 4) is 0 Å². The Kier molecular flexibility index (Phi) is 7.29. The van der Waals surface area contributed by atoms with Crippen LogP contribution in [0.2, 0.25) is 0 Å². The molecular weight excluding hydrogens is 299 g/mol. The molecule has 0 aromatic heterocycles. The number of nitrogens with one attached hydrogen (secondary N) is 1. The molecule has 2 amide bonds. The molecule has 0 bridgehead atoms. The molecule has 118 valence electrons. The fourth-order valence-corrected chi connectivity index (χ4v) is 2.18. The molecule has 0 radical (unpaired) electrons. The van der Waals surface area contributed by atoms with Gasteiger partial charge in [-0.05, 0) is 25.7 Å². The predicted octanol–water partition coefficient (Wildman–Crippen LogP) is 0.848. The van der Waals surface area contributed by atoms with Crippen LogP contribution in [0, 0.1) is 5.92 Å². The number of halogens is 4. The SMILES string of the molecule is Cl.NC(=O)CC(N)C(=O)NC1CCC(C(F)(F)F)CC1. The number of nitrogens with two attached hydrogens (primary N) is 2. The first kappa shape index (κ1) is 19.0. The average molecular weight is 318 g/mol. The molecule has 1 unspecified atom stereocenters. The monoisotopic (exact) mass is 317 g/mol. The molecule has 1 atom stereocenters. The zero-order valence-corrected chi connectivity index (χ0v) is 11.6. The molecule has 0 aromatic rings. The number of primary amides is 1. The maximum Gasteiger partial charge on any atom is 0.391 e. The maximum absolute atomic E-state index is 12.4. The standard InChI is InChI=1S/C11H18F3N3O2.ClH/c12-11(13,14)6-1-3-7(4-2-6)17-10(19)8(15)5-9(16)18;/h6-8H,1-5,15H2,(H2,16,18)(H,17,19);1H. The summed E-state index contributed by atoms with van der Waals surface area (Å²) in [6.45, 7) is 0. The highest BCUT2D eigenvalue weighted by atomic mass is 35.5. The van der Waals surface area contributed by atoms with Crippen LogP contribution in [0.15, 0.2) is 0 Å². The second-order valence-electron chi connectivity index (χ2n) is 4.88. The number of carbonyl (C=O) groups is 2. The first-order valence-corrected chi connectivity index (χ1v) is 6.11. The summed E-state index contributed by atoms with van der Waals surface area (Å²) in [6, 6.07) is -1.36. The van der Waals surface area contributed by atoms with Crippen molar-refractivity contribution in [2.45, 2.75) is 50.4 Å². The lowest BCUT2D eigenvalue weighted by Crippen LogP contribution is -2.48. The van der Waals surface area contributed by atoms with Crippen molar-refractivity contribution in [3.63, 3.8) is 0 Å². The Morgan fingerprint density at radius 1 is 1.20 bits per heavy atom. The molecule has 0 saturated heterocycles. The normalized spacial score (nSPS) is 24.4. The van der Waals surface area contributed by atoms with E-state index in [4.69, 9.17) is 11.5 Å². The van der Waals surface area contributed by atoms with E-state index in [1.807, 2.05) is 0 Å². The Morgan fingerprint density at radius 3 is 2.10 bits per heavy atom. The quantitative estimate of drug-likeness (QED) is 0.717. The van der Waals surface area contributed by atoms with Crippen LogP contribution in [0.3, 0.4) is 0 Å². The van der Waals surface area contributed by atoms with Gasteiger partial charge in [0.25, 0.3) is 0 Å². The average Bonchev–Trinajstić information content (AvgIpc) is 2.27. The van der Waals surface area contributed by atoms with Crippen LogP contribution in [-0.2, 0) is 9.59 Å². The van der Waals surface area contributed by atoms with Gasteiger partial charge in [0.15, 0.2) is 0 Å². The first-order valence-electron chi connectivity index (χ1n) is 6.11. The Labute approximate surface area is 121 Å². The summed E-state index contributed by atoms with van der Waals surface area (Å²) in [7, 11) is 0. The molecule has 0 heterocycles. The van der Waals surface area contributed by atoms with Gasteiger partial charge in [0.2, 0.25) is 11.8 Å². The van der Waals surface area contributed by atoms with Crippen LogP contribution < -0.4 is 16.8 Å². The van der Waals surface area contributed by atoms with Crippen LogP contribution in [-0.4, -0.2) is 30.1 Å². The largest absolute Gasteiger partial charge is 0.391 e. The molecule has 1 aliphatic carbocycles. The lowest BCUT2D eigenvalue weighted by molar-refractivity contribution is -0.182. The zero-order chi connectivity index (χ0) is 14.6. The lowest BCUT2D eigenvalue weighted by atomic mass is 9.85. The van der Waals surface area contributed by atoms with E-state index < -0.39 is 30.0 Å². The van der Waals surface area contributed by atoms with Gasteiger partial charge in [-0.15, -0.1) is 12.4 Å². The molecule has 5 nitrogen and oxygen atoms in total. The van der Waals surface area contributed by atoms with Crippen molar-refractivity contribution >= 4 is 24.2 Å². The first-order chi connectivity index (χ1) is 8.70. The van der Waals surface area contributed by atoms with E-state index in [1.54, 1.807) is 0 Å². The summed E-state index contributed by atoms with van der Waals surface area (Å²) in [5.74, 6) is -2.53. The predicted molar refractivity (Wildman–Crippen MR) is 69.0 cm³/mol. The number of carbonyl (C=O) groups excluding carboxylic acids is 2. The number of hydrogen-bond acceptors (Lipinski definition) is 3. The fraction of sp³-hybridized carbons (Fsp3) is 0.818. The Balaban J connectivity index is 0.00000361.